The molecule has 0 aliphatic carbocycles. The third-order valence-electron chi connectivity index (χ3n) is 3.43. The van der Waals surface area contributed by atoms with Gasteiger partial charge in [-0.15, -0.1) is 0 Å². The summed E-state index contributed by atoms with van der Waals surface area (Å²) in [5.74, 6) is -0.920. The summed E-state index contributed by atoms with van der Waals surface area (Å²) in [6.07, 6.45) is 8.24. The van der Waals surface area contributed by atoms with Gasteiger partial charge in [0.2, 0.25) is 0 Å². The van der Waals surface area contributed by atoms with E-state index in [2.05, 4.69) is 22.9 Å². The maximum Gasteiger partial charge on any atom is 0.130 e. The van der Waals surface area contributed by atoms with Gasteiger partial charge in [-0.3, -0.25) is 0 Å². The predicted molar refractivity (Wildman–Crippen MR) is 80.8 cm³/mol. The minimum Gasteiger partial charge on any atom is -0.207 e. The molecule has 1 aromatic rings. The Hall–Kier alpha value is -0.440. The van der Waals surface area contributed by atoms with Crippen LogP contribution in [0.4, 0.5) is 8.78 Å². The van der Waals surface area contributed by atoms with Crippen molar-refractivity contribution in [3.05, 3.63) is 34.9 Å². The molecule has 0 aliphatic rings. The van der Waals surface area contributed by atoms with Crippen LogP contribution in [0, 0.1) is 18.6 Å². The highest BCUT2D eigenvalue weighted by Crippen LogP contribution is 2.32. The average Bonchev–Trinajstić information content (AvgIpc) is 2.37. The van der Waals surface area contributed by atoms with Crippen LogP contribution in [-0.4, -0.2) is 0 Å². The number of alkyl halides is 1. The van der Waals surface area contributed by atoms with Crippen LogP contribution in [0.25, 0.3) is 0 Å². The number of halogens is 3. The molecular formula is C16H23BrF2. The van der Waals surface area contributed by atoms with Crippen molar-refractivity contribution in [3.8, 4) is 0 Å². The summed E-state index contributed by atoms with van der Waals surface area (Å²) in [5, 5.41) is 0. The van der Waals surface area contributed by atoms with Gasteiger partial charge in [0.1, 0.15) is 11.6 Å². The molecule has 0 bridgehead atoms. The van der Waals surface area contributed by atoms with Gasteiger partial charge < -0.3 is 0 Å². The Morgan fingerprint density at radius 2 is 1.63 bits per heavy atom. The SMILES string of the molecule is CCCCCCCCC(Br)c1cc(C)c(F)cc1F. The zero-order chi connectivity index (χ0) is 14.3. The Kier molecular flexibility index (Phi) is 7.59. The van der Waals surface area contributed by atoms with Gasteiger partial charge in [0.25, 0.3) is 0 Å². The van der Waals surface area contributed by atoms with Gasteiger partial charge >= 0.3 is 0 Å². The lowest BCUT2D eigenvalue weighted by molar-refractivity contribution is 0.552. The first-order valence-corrected chi connectivity index (χ1v) is 8.07. The number of hydrogen-bond acceptors (Lipinski definition) is 0. The maximum atomic E-state index is 13.7. The van der Waals surface area contributed by atoms with Crippen LogP contribution in [0.3, 0.4) is 0 Å². The first kappa shape index (κ1) is 16.6. The van der Waals surface area contributed by atoms with Crippen molar-refractivity contribution >= 4 is 15.9 Å². The molecule has 1 rings (SSSR count). The molecule has 0 spiro atoms. The molecule has 0 N–H and O–H groups in total. The fraction of sp³-hybridized carbons (Fsp3) is 0.625. The van der Waals surface area contributed by atoms with Crippen molar-refractivity contribution in [1.29, 1.82) is 0 Å². The van der Waals surface area contributed by atoms with E-state index >= 15 is 0 Å². The Bertz CT molecular complexity index is 391. The molecule has 0 aromatic heterocycles. The molecule has 1 unspecified atom stereocenters. The van der Waals surface area contributed by atoms with Crippen molar-refractivity contribution in [2.24, 2.45) is 0 Å². The highest BCUT2D eigenvalue weighted by molar-refractivity contribution is 9.09. The molecule has 1 aromatic carbocycles. The smallest absolute Gasteiger partial charge is 0.130 e. The van der Waals surface area contributed by atoms with Crippen LogP contribution in [0.1, 0.15) is 67.8 Å². The lowest BCUT2D eigenvalue weighted by Gasteiger charge is -2.12. The lowest BCUT2D eigenvalue weighted by atomic mass is 10.0. The summed E-state index contributed by atoms with van der Waals surface area (Å²) in [6, 6.07) is 2.60. The van der Waals surface area contributed by atoms with Gasteiger partial charge in [-0.25, -0.2) is 8.78 Å². The molecule has 0 saturated carbocycles. The van der Waals surface area contributed by atoms with Gasteiger partial charge in [-0.1, -0.05) is 61.4 Å². The largest absolute Gasteiger partial charge is 0.207 e. The second kappa shape index (κ2) is 8.68. The van der Waals surface area contributed by atoms with E-state index in [0.717, 1.165) is 18.9 Å². The lowest BCUT2D eigenvalue weighted by Crippen LogP contribution is -1.98. The van der Waals surface area contributed by atoms with Crippen molar-refractivity contribution in [3.63, 3.8) is 0 Å². The number of benzene rings is 1. The van der Waals surface area contributed by atoms with Crippen molar-refractivity contribution < 1.29 is 8.78 Å². The topological polar surface area (TPSA) is 0 Å². The molecule has 3 heteroatoms. The van der Waals surface area contributed by atoms with E-state index in [9.17, 15) is 8.78 Å². The number of hydrogen-bond donors (Lipinski definition) is 0. The van der Waals surface area contributed by atoms with Crippen molar-refractivity contribution in [2.75, 3.05) is 0 Å². The molecule has 0 saturated heterocycles. The van der Waals surface area contributed by atoms with E-state index in [1.807, 2.05) is 0 Å². The molecule has 0 nitrogen and oxygen atoms in total. The zero-order valence-corrected chi connectivity index (χ0v) is 13.4. The van der Waals surface area contributed by atoms with Gasteiger partial charge in [0.05, 0.1) is 0 Å². The third kappa shape index (κ3) is 5.60. The third-order valence-corrected chi connectivity index (χ3v) is 4.38. The van der Waals surface area contributed by atoms with E-state index in [1.165, 1.54) is 32.1 Å². The molecule has 19 heavy (non-hydrogen) atoms. The van der Waals surface area contributed by atoms with E-state index in [0.29, 0.717) is 11.1 Å². The van der Waals surface area contributed by atoms with E-state index in [1.54, 1.807) is 13.0 Å². The number of rotatable bonds is 8. The minimum absolute atomic E-state index is 0.0158. The first-order chi connectivity index (χ1) is 9.06. The average molecular weight is 333 g/mol. The Morgan fingerprint density at radius 3 is 2.32 bits per heavy atom. The van der Waals surface area contributed by atoms with E-state index < -0.39 is 11.6 Å². The first-order valence-electron chi connectivity index (χ1n) is 7.15. The van der Waals surface area contributed by atoms with Crippen LogP contribution in [0.15, 0.2) is 12.1 Å². The van der Waals surface area contributed by atoms with Gasteiger partial charge in [0.15, 0.2) is 0 Å². The number of unbranched alkanes of at least 4 members (excludes halogenated alkanes) is 5. The quantitative estimate of drug-likeness (QED) is 0.378. The predicted octanol–water partition coefficient (Wildman–Crippen LogP) is 6.46. The summed E-state index contributed by atoms with van der Waals surface area (Å²) in [4.78, 5) is -0.0158. The second-order valence-electron chi connectivity index (χ2n) is 5.15. The highest BCUT2D eigenvalue weighted by atomic mass is 79.9. The van der Waals surface area contributed by atoms with Crippen LogP contribution in [0.2, 0.25) is 0 Å². The summed E-state index contributed by atoms with van der Waals surface area (Å²) in [6.45, 7) is 3.87. The normalized spacial score (nSPS) is 12.7. The van der Waals surface area contributed by atoms with Crippen LogP contribution >= 0.6 is 15.9 Å². The fourth-order valence-corrected chi connectivity index (χ4v) is 2.85. The summed E-state index contributed by atoms with van der Waals surface area (Å²) < 4.78 is 26.9. The van der Waals surface area contributed by atoms with Crippen molar-refractivity contribution in [1.82, 2.24) is 0 Å². The fourth-order valence-electron chi connectivity index (χ4n) is 2.18. The summed E-state index contributed by atoms with van der Waals surface area (Å²) in [7, 11) is 0. The summed E-state index contributed by atoms with van der Waals surface area (Å²) >= 11 is 3.52. The Balaban J connectivity index is 2.41. The number of aryl methyl sites for hydroxylation is 1. The Morgan fingerprint density at radius 1 is 1.00 bits per heavy atom. The second-order valence-corrected chi connectivity index (χ2v) is 6.25. The highest BCUT2D eigenvalue weighted by Gasteiger charge is 2.14. The zero-order valence-electron chi connectivity index (χ0n) is 11.8. The minimum atomic E-state index is -0.472. The molecular weight excluding hydrogens is 310 g/mol. The van der Waals surface area contributed by atoms with Crippen LogP contribution < -0.4 is 0 Å². The molecule has 0 heterocycles. The monoisotopic (exact) mass is 332 g/mol. The molecule has 0 fully saturated rings. The standard InChI is InChI=1S/C16H23BrF2/c1-3-4-5-6-7-8-9-14(17)13-10-12(2)15(18)11-16(13)19/h10-11,14H,3-9H2,1-2H3. The Labute approximate surface area is 123 Å². The molecule has 0 radical (unpaired) electrons. The van der Waals surface area contributed by atoms with E-state index in [-0.39, 0.29) is 4.83 Å². The molecule has 1 atom stereocenters. The molecule has 108 valence electrons. The molecule has 0 amide bonds. The maximum absolute atomic E-state index is 13.7. The summed E-state index contributed by atoms with van der Waals surface area (Å²) in [5.41, 5.74) is 1.08. The van der Waals surface area contributed by atoms with Crippen LogP contribution in [-0.2, 0) is 0 Å². The van der Waals surface area contributed by atoms with Crippen LogP contribution in [0.5, 0.6) is 0 Å². The van der Waals surface area contributed by atoms with Gasteiger partial charge in [0, 0.05) is 16.5 Å². The van der Waals surface area contributed by atoms with Gasteiger partial charge in [-0.2, -0.15) is 0 Å². The van der Waals surface area contributed by atoms with Crippen molar-refractivity contribution in [2.45, 2.75) is 63.6 Å². The molecule has 0 aliphatic heterocycles. The van der Waals surface area contributed by atoms with E-state index in [4.69, 9.17) is 0 Å². The van der Waals surface area contributed by atoms with Gasteiger partial charge in [-0.05, 0) is 25.0 Å².